The number of nitrogens with one attached hydrogen (secondary N) is 2. The summed E-state index contributed by atoms with van der Waals surface area (Å²) in [7, 11) is 1.62. The zero-order valence-corrected chi connectivity index (χ0v) is 16.6. The molecule has 150 valence electrons. The Balaban J connectivity index is 1.50. The molecule has 0 unspecified atom stereocenters. The third-order valence-electron chi connectivity index (χ3n) is 5.40. The van der Waals surface area contributed by atoms with Gasteiger partial charge in [-0.15, -0.1) is 0 Å². The van der Waals surface area contributed by atoms with Crippen molar-refractivity contribution in [1.82, 2.24) is 25.1 Å². The quantitative estimate of drug-likeness (QED) is 0.406. The maximum Gasteiger partial charge on any atom is 0.137 e. The zero-order valence-electron chi connectivity index (χ0n) is 16.6. The average molecular weight is 407 g/mol. The van der Waals surface area contributed by atoms with Crippen molar-refractivity contribution in [1.29, 1.82) is 0 Å². The molecule has 7 nitrogen and oxygen atoms in total. The monoisotopic (exact) mass is 407 g/mol. The SMILES string of the molecule is COc1cncc(-c2ccc3[nH]nc(-c4cc5c(-c6ccoc6)cccc5[nH]4)c3n2)c1. The third-order valence-corrected chi connectivity index (χ3v) is 5.40. The summed E-state index contributed by atoms with van der Waals surface area (Å²) in [5.41, 5.74) is 8.16. The highest BCUT2D eigenvalue weighted by Gasteiger charge is 2.15. The number of hydrogen-bond donors (Lipinski definition) is 2. The maximum atomic E-state index is 5.30. The van der Waals surface area contributed by atoms with Crippen LogP contribution in [0.1, 0.15) is 0 Å². The number of methoxy groups -OCH3 is 1. The summed E-state index contributed by atoms with van der Waals surface area (Å²) >= 11 is 0. The molecule has 1 aromatic carbocycles. The highest BCUT2D eigenvalue weighted by Crippen LogP contribution is 2.34. The van der Waals surface area contributed by atoms with E-state index in [0.717, 1.165) is 55.7 Å². The summed E-state index contributed by atoms with van der Waals surface area (Å²) in [5.74, 6) is 0.689. The van der Waals surface area contributed by atoms with E-state index in [9.17, 15) is 0 Å². The van der Waals surface area contributed by atoms with Crippen LogP contribution in [-0.2, 0) is 0 Å². The molecule has 7 heteroatoms. The fourth-order valence-corrected chi connectivity index (χ4v) is 3.87. The Hall–Kier alpha value is -4.39. The van der Waals surface area contributed by atoms with Gasteiger partial charge in [-0.25, -0.2) is 4.98 Å². The Labute approximate surface area is 176 Å². The van der Waals surface area contributed by atoms with Crippen molar-refractivity contribution in [3.05, 3.63) is 73.5 Å². The predicted octanol–water partition coefficient (Wildman–Crippen LogP) is 5.44. The lowest BCUT2D eigenvalue weighted by atomic mass is 10.0. The van der Waals surface area contributed by atoms with Gasteiger partial charge in [0.2, 0.25) is 0 Å². The molecule has 6 aromatic rings. The average Bonchev–Trinajstić information content (AvgIpc) is 3.57. The molecule has 0 radical (unpaired) electrons. The molecule has 0 spiro atoms. The van der Waals surface area contributed by atoms with Crippen LogP contribution in [0.2, 0.25) is 0 Å². The number of ether oxygens (including phenoxy) is 1. The molecule has 2 N–H and O–H groups in total. The van der Waals surface area contributed by atoms with Crippen molar-refractivity contribution in [3.63, 3.8) is 0 Å². The highest BCUT2D eigenvalue weighted by atomic mass is 16.5. The summed E-state index contributed by atoms with van der Waals surface area (Å²) in [5, 5.41) is 8.73. The number of fused-ring (bicyclic) bond motifs is 2. The lowest BCUT2D eigenvalue weighted by molar-refractivity contribution is 0.413. The van der Waals surface area contributed by atoms with Crippen molar-refractivity contribution in [2.75, 3.05) is 7.11 Å². The number of H-pyrrole nitrogens is 2. The van der Waals surface area contributed by atoms with Crippen LogP contribution >= 0.6 is 0 Å². The van der Waals surface area contributed by atoms with Gasteiger partial charge in [-0.1, -0.05) is 12.1 Å². The normalized spacial score (nSPS) is 11.4. The third kappa shape index (κ3) is 2.86. The molecular weight excluding hydrogens is 390 g/mol. The molecule has 0 fully saturated rings. The van der Waals surface area contributed by atoms with Crippen molar-refractivity contribution in [2.24, 2.45) is 0 Å². The zero-order chi connectivity index (χ0) is 20.8. The molecular formula is C24H17N5O2. The minimum atomic E-state index is 0.689. The van der Waals surface area contributed by atoms with Crippen molar-refractivity contribution in [3.8, 4) is 39.5 Å². The van der Waals surface area contributed by atoms with Gasteiger partial charge in [-0.2, -0.15) is 5.10 Å². The molecule has 0 atom stereocenters. The number of furan rings is 1. The Morgan fingerprint density at radius 3 is 2.81 bits per heavy atom. The summed E-state index contributed by atoms with van der Waals surface area (Å²) in [6, 6.07) is 16.1. The minimum absolute atomic E-state index is 0.689. The van der Waals surface area contributed by atoms with Crippen molar-refractivity contribution in [2.45, 2.75) is 0 Å². The van der Waals surface area contributed by atoms with E-state index in [1.807, 2.05) is 30.3 Å². The first-order valence-electron chi connectivity index (χ1n) is 9.79. The molecule has 0 amide bonds. The van der Waals surface area contributed by atoms with Crippen LogP contribution in [0.5, 0.6) is 5.75 Å². The molecule has 31 heavy (non-hydrogen) atoms. The molecule has 0 bridgehead atoms. The number of benzene rings is 1. The van der Waals surface area contributed by atoms with Crippen molar-refractivity contribution < 1.29 is 9.15 Å². The standard InChI is InChI=1S/C24H17N5O2/c1-30-16-9-15(11-25-12-16)19-5-6-21-23(27-19)24(29-28-21)22-10-18-17(14-7-8-31-13-14)3-2-4-20(18)26-22/h2-13,26H,1H3,(H,28,29). The van der Waals surface area contributed by atoms with Gasteiger partial charge in [0.1, 0.15) is 17.0 Å². The van der Waals surface area contributed by atoms with E-state index in [1.165, 1.54) is 0 Å². The number of nitrogens with zero attached hydrogens (tertiary/aromatic N) is 3. The minimum Gasteiger partial charge on any atom is -0.495 e. The van der Waals surface area contributed by atoms with Gasteiger partial charge in [0.05, 0.1) is 42.7 Å². The number of rotatable bonds is 4. The Bertz CT molecular complexity index is 1530. The fourth-order valence-electron chi connectivity index (χ4n) is 3.87. The smallest absolute Gasteiger partial charge is 0.137 e. The number of aromatic amines is 2. The van der Waals surface area contributed by atoms with Gasteiger partial charge >= 0.3 is 0 Å². The van der Waals surface area contributed by atoms with Crippen LogP contribution in [0.15, 0.2) is 77.9 Å². The number of hydrogen-bond acceptors (Lipinski definition) is 5. The molecule has 0 aliphatic rings. The van der Waals surface area contributed by atoms with Crippen LogP contribution in [0.3, 0.4) is 0 Å². The van der Waals surface area contributed by atoms with Crippen molar-refractivity contribution >= 4 is 21.9 Å². The first-order chi connectivity index (χ1) is 15.3. The van der Waals surface area contributed by atoms with Crippen LogP contribution < -0.4 is 4.74 Å². The fraction of sp³-hybridized carbons (Fsp3) is 0.0417. The van der Waals surface area contributed by atoms with E-state index in [-0.39, 0.29) is 0 Å². The van der Waals surface area contributed by atoms with Gasteiger partial charge in [-0.3, -0.25) is 10.1 Å². The van der Waals surface area contributed by atoms with E-state index in [1.54, 1.807) is 32.0 Å². The molecule has 5 aromatic heterocycles. The van der Waals surface area contributed by atoms with Gasteiger partial charge in [-0.05, 0) is 42.0 Å². The molecule has 0 aliphatic carbocycles. The second kappa shape index (κ2) is 6.84. The maximum absolute atomic E-state index is 5.30. The molecule has 5 heterocycles. The van der Waals surface area contributed by atoms with E-state index in [2.05, 4.69) is 38.4 Å². The molecule has 0 saturated heterocycles. The van der Waals surface area contributed by atoms with Crippen LogP contribution in [0.4, 0.5) is 0 Å². The summed E-state index contributed by atoms with van der Waals surface area (Å²) in [6.45, 7) is 0. The van der Waals surface area contributed by atoms with Crippen LogP contribution in [0, 0.1) is 0 Å². The lowest BCUT2D eigenvalue weighted by Crippen LogP contribution is -1.89. The number of aromatic nitrogens is 5. The van der Waals surface area contributed by atoms with Gasteiger partial charge < -0.3 is 14.1 Å². The Morgan fingerprint density at radius 1 is 0.968 bits per heavy atom. The van der Waals surface area contributed by atoms with E-state index < -0.39 is 0 Å². The van der Waals surface area contributed by atoms with Crippen LogP contribution in [-0.4, -0.2) is 32.3 Å². The highest BCUT2D eigenvalue weighted by molar-refractivity contribution is 6.00. The van der Waals surface area contributed by atoms with Gasteiger partial charge in [0.15, 0.2) is 0 Å². The first-order valence-corrected chi connectivity index (χ1v) is 9.79. The first kappa shape index (κ1) is 17.5. The Morgan fingerprint density at radius 2 is 1.94 bits per heavy atom. The second-order valence-corrected chi connectivity index (χ2v) is 7.24. The predicted molar refractivity (Wildman–Crippen MR) is 119 cm³/mol. The molecule has 0 aliphatic heterocycles. The lowest BCUT2D eigenvalue weighted by Gasteiger charge is -2.04. The van der Waals surface area contributed by atoms with Crippen LogP contribution in [0.25, 0.3) is 55.7 Å². The van der Waals surface area contributed by atoms with Gasteiger partial charge in [0, 0.05) is 28.2 Å². The second-order valence-electron chi connectivity index (χ2n) is 7.24. The largest absolute Gasteiger partial charge is 0.495 e. The van der Waals surface area contributed by atoms with E-state index in [0.29, 0.717) is 5.75 Å². The van der Waals surface area contributed by atoms with E-state index >= 15 is 0 Å². The topological polar surface area (TPSA) is 92.6 Å². The molecule has 0 saturated carbocycles. The van der Waals surface area contributed by atoms with E-state index in [4.69, 9.17) is 14.1 Å². The number of pyridine rings is 2. The Kier molecular flexibility index (Phi) is 3.86. The summed E-state index contributed by atoms with van der Waals surface area (Å²) < 4.78 is 10.6. The summed E-state index contributed by atoms with van der Waals surface area (Å²) in [6.07, 6.45) is 6.88. The molecule has 6 rings (SSSR count). The summed E-state index contributed by atoms with van der Waals surface area (Å²) in [4.78, 5) is 12.6. The van der Waals surface area contributed by atoms with Gasteiger partial charge in [0.25, 0.3) is 0 Å².